The Bertz CT molecular complexity index is 780. The summed E-state index contributed by atoms with van der Waals surface area (Å²) in [6.45, 7) is 16.1. The number of hydrogen-bond acceptors (Lipinski definition) is 2. The van der Waals surface area contributed by atoms with Crippen LogP contribution in [0.4, 0.5) is 0 Å². The lowest BCUT2D eigenvalue weighted by Gasteiger charge is -2.33. The Morgan fingerprint density at radius 2 is 1.18 bits per heavy atom. The molecule has 0 saturated carbocycles. The highest BCUT2D eigenvalue weighted by Crippen LogP contribution is 2.28. The van der Waals surface area contributed by atoms with Gasteiger partial charge in [0.05, 0.1) is 6.61 Å². The minimum absolute atomic E-state index is 0.00639. The van der Waals surface area contributed by atoms with Crippen LogP contribution in [0.2, 0.25) is 0 Å². The Hall–Kier alpha value is -2.42. The summed E-state index contributed by atoms with van der Waals surface area (Å²) in [6, 6.07) is 32.0. The largest absolute Gasteiger partial charge is 0.368 e. The molecule has 0 bridgehead atoms. The maximum absolute atomic E-state index is 6.53. The predicted octanol–water partition coefficient (Wildman–Crippen LogP) is 8.78. The van der Waals surface area contributed by atoms with E-state index in [1.165, 1.54) is 36.1 Å². The summed E-state index contributed by atoms with van der Waals surface area (Å²) in [6.07, 6.45) is 2.51. The minimum Gasteiger partial charge on any atom is -0.368 e. The van der Waals surface area contributed by atoms with Crippen LogP contribution in [0, 0.1) is 5.92 Å². The quantitative estimate of drug-likeness (QED) is 0.348. The van der Waals surface area contributed by atoms with E-state index in [1.54, 1.807) is 0 Å². The van der Waals surface area contributed by atoms with Gasteiger partial charge in [0.15, 0.2) is 0 Å². The molecule has 3 aromatic carbocycles. The monoisotopic (exact) mass is 461 g/mol. The smallest absolute Gasteiger partial charge is 0.108 e. The van der Waals surface area contributed by atoms with Gasteiger partial charge in [-0.3, -0.25) is 4.90 Å². The number of rotatable bonds is 7. The lowest BCUT2D eigenvalue weighted by atomic mass is 9.97. The average Bonchev–Trinajstić information content (AvgIpc) is 2.94. The van der Waals surface area contributed by atoms with E-state index in [4.69, 9.17) is 4.74 Å². The average molecular weight is 462 g/mol. The maximum Gasteiger partial charge on any atom is 0.108 e. The van der Waals surface area contributed by atoms with Gasteiger partial charge in [0, 0.05) is 13.1 Å². The highest BCUT2D eigenvalue weighted by molar-refractivity contribution is 5.29. The molecule has 0 aromatic heterocycles. The van der Waals surface area contributed by atoms with Gasteiger partial charge in [-0.05, 0) is 42.0 Å². The molecule has 186 valence electrons. The molecule has 1 atom stereocenters. The Morgan fingerprint density at radius 1 is 0.706 bits per heavy atom. The topological polar surface area (TPSA) is 12.5 Å². The molecule has 1 unspecified atom stereocenters. The molecule has 3 aromatic rings. The molecule has 1 heterocycles. The fourth-order valence-electron chi connectivity index (χ4n) is 4.15. The molecule has 2 heteroatoms. The van der Waals surface area contributed by atoms with E-state index in [0.717, 1.165) is 19.7 Å². The molecule has 0 aliphatic carbocycles. The van der Waals surface area contributed by atoms with E-state index in [2.05, 4.69) is 95.9 Å². The molecule has 1 fully saturated rings. The summed E-state index contributed by atoms with van der Waals surface area (Å²) in [7, 11) is 0. The van der Waals surface area contributed by atoms with E-state index >= 15 is 0 Å². The number of likely N-dealkylation sites (tertiary alicyclic amines) is 1. The highest BCUT2D eigenvalue weighted by atomic mass is 16.5. The molecule has 2 nitrogen and oxygen atoms in total. The van der Waals surface area contributed by atoms with Gasteiger partial charge in [-0.2, -0.15) is 0 Å². The second-order valence-electron chi connectivity index (χ2n) is 7.76. The summed E-state index contributed by atoms with van der Waals surface area (Å²) in [5.74, 6) is 0.590. The molecule has 0 amide bonds. The molecule has 1 saturated heterocycles. The first-order chi connectivity index (χ1) is 16.9. The van der Waals surface area contributed by atoms with Crippen LogP contribution in [0.25, 0.3) is 0 Å². The number of nitrogens with zero attached hydrogens (tertiary/aromatic N) is 1. The van der Waals surface area contributed by atoms with Crippen LogP contribution in [0.1, 0.15) is 77.2 Å². The standard InChI is InChI=1S/C26H29NO.3C2H6/c1-4-11-22(12-5-1)19-27-18-10-13-23(20-27)21-28-26(24-14-6-2-7-15-24)25-16-8-3-9-17-25;3*1-2/h1-9,11-12,14-17,23,26H,10,13,18-21H2;3*1-2H3. The van der Waals surface area contributed by atoms with Crippen molar-refractivity contribution < 1.29 is 4.74 Å². The Balaban J connectivity index is 0.000000894. The van der Waals surface area contributed by atoms with Crippen LogP contribution >= 0.6 is 0 Å². The van der Waals surface area contributed by atoms with Crippen molar-refractivity contribution in [1.82, 2.24) is 4.90 Å². The molecule has 0 spiro atoms. The Kier molecular flexibility index (Phi) is 16.5. The Labute approximate surface area is 210 Å². The van der Waals surface area contributed by atoms with E-state index in [1.807, 2.05) is 41.5 Å². The van der Waals surface area contributed by atoms with Gasteiger partial charge in [-0.25, -0.2) is 0 Å². The first-order valence-electron chi connectivity index (χ1n) is 13.4. The van der Waals surface area contributed by atoms with Gasteiger partial charge in [0.1, 0.15) is 6.10 Å². The number of benzene rings is 3. The number of hydrogen-bond donors (Lipinski definition) is 0. The van der Waals surface area contributed by atoms with Gasteiger partial charge >= 0.3 is 0 Å². The first-order valence-corrected chi connectivity index (χ1v) is 13.4. The lowest BCUT2D eigenvalue weighted by molar-refractivity contribution is 0.0250. The summed E-state index contributed by atoms with van der Waals surface area (Å²) >= 11 is 0. The molecule has 0 N–H and O–H groups in total. The van der Waals surface area contributed by atoms with Crippen molar-refractivity contribution in [3.63, 3.8) is 0 Å². The van der Waals surface area contributed by atoms with Crippen LogP contribution in [0.3, 0.4) is 0 Å². The second-order valence-corrected chi connectivity index (χ2v) is 7.76. The van der Waals surface area contributed by atoms with Crippen molar-refractivity contribution in [3.8, 4) is 0 Å². The molecule has 4 rings (SSSR count). The third-order valence-electron chi connectivity index (χ3n) is 5.56. The predicted molar refractivity (Wildman–Crippen MR) is 149 cm³/mol. The fraction of sp³-hybridized carbons (Fsp3) is 0.438. The maximum atomic E-state index is 6.53. The van der Waals surface area contributed by atoms with Crippen molar-refractivity contribution in [2.45, 2.75) is 67.0 Å². The minimum atomic E-state index is 0.00639. The fourth-order valence-corrected chi connectivity index (χ4v) is 4.15. The summed E-state index contributed by atoms with van der Waals surface area (Å²) in [5.41, 5.74) is 3.85. The van der Waals surface area contributed by atoms with E-state index in [9.17, 15) is 0 Å². The molecule has 0 radical (unpaired) electrons. The van der Waals surface area contributed by atoms with Crippen molar-refractivity contribution in [3.05, 3.63) is 108 Å². The van der Waals surface area contributed by atoms with Gasteiger partial charge in [0.2, 0.25) is 0 Å². The van der Waals surface area contributed by atoms with Crippen molar-refractivity contribution >= 4 is 0 Å². The van der Waals surface area contributed by atoms with Crippen molar-refractivity contribution in [2.24, 2.45) is 5.92 Å². The van der Waals surface area contributed by atoms with Crippen molar-refractivity contribution in [2.75, 3.05) is 19.7 Å². The van der Waals surface area contributed by atoms with Crippen LogP contribution in [-0.2, 0) is 11.3 Å². The molecule has 1 aliphatic rings. The molecule has 1 aliphatic heterocycles. The summed E-state index contributed by atoms with van der Waals surface area (Å²) < 4.78 is 6.53. The third-order valence-corrected chi connectivity index (χ3v) is 5.56. The normalized spacial score (nSPS) is 15.1. The van der Waals surface area contributed by atoms with Crippen LogP contribution in [0.5, 0.6) is 0 Å². The van der Waals surface area contributed by atoms with Crippen LogP contribution in [0.15, 0.2) is 91.0 Å². The van der Waals surface area contributed by atoms with Gasteiger partial charge in [0.25, 0.3) is 0 Å². The zero-order chi connectivity index (χ0) is 25.0. The number of ether oxygens (including phenoxy) is 1. The number of piperidine rings is 1. The highest BCUT2D eigenvalue weighted by Gasteiger charge is 2.22. The van der Waals surface area contributed by atoms with Crippen LogP contribution < -0.4 is 0 Å². The third kappa shape index (κ3) is 10.2. The first kappa shape index (κ1) is 29.6. The zero-order valence-electron chi connectivity index (χ0n) is 22.4. The summed E-state index contributed by atoms with van der Waals surface area (Å²) in [4.78, 5) is 2.58. The van der Waals surface area contributed by atoms with E-state index in [-0.39, 0.29) is 6.10 Å². The Morgan fingerprint density at radius 3 is 1.68 bits per heavy atom. The second kappa shape index (κ2) is 18.9. The van der Waals surface area contributed by atoms with E-state index in [0.29, 0.717) is 5.92 Å². The zero-order valence-corrected chi connectivity index (χ0v) is 22.4. The molecular formula is C32H47NO. The van der Waals surface area contributed by atoms with Gasteiger partial charge in [-0.1, -0.05) is 133 Å². The SMILES string of the molecule is CC.CC.CC.c1ccc(CN2CCCC(COC(c3ccccc3)c3ccccc3)C2)cc1. The van der Waals surface area contributed by atoms with Gasteiger partial charge in [-0.15, -0.1) is 0 Å². The van der Waals surface area contributed by atoms with Gasteiger partial charge < -0.3 is 4.74 Å². The molecule has 34 heavy (non-hydrogen) atoms. The lowest BCUT2D eigenvalue weighted by Crippen LogP contribution is -2.37. The summed E-state index contributed by atoms with van der Waals surface area (Å²) in [5, 5.41) is 0. The molecular weight excluding hydrogens is 414 g/mol. The van der Waals surface area contributed by atoms with Crippen LogP contribution in [-0.4, -0.2) is 24.6 Å². The van der Waals surface area contributed by atoms with E-state index < -0.39 is 0 Å². The van der Waals surface area contributed by atoms with Crippen molar-refractivity contribution in [1.29, 1.82) is 0 Å².